The number of hydrogen-bond acceptors (Lipinski definition) is 4. The van der Waals surface area contributed by atoms with Crippen LogP contribution in [0.3, 0.4) is 0 Å². The van der Waals surface area contributed by atoms with Gasteiger partial charge in [0.05, 0.1) is 0 Å². The Morgan fingerprint density at radius 1 is 1.38 bits per heavy atom. The van der Waals surface area contributed by atoms with E-state index >= 15 is 0 Å². The molecule has 0 radical (unpaired) electrons. The molecule has 1 aromatic rings. The average molecular weight is 223 g/mol. The summed E-state index contributed by atoms with van der Waals surface area (Å²) < 4.78 is 10.9. The van der Waals surface area contributed by atoms with Crippen molar-refractivity contribution in [1.82, 2.24) is 0 Å². The molecule has 3 N–H and O–H groups in total. The van der Waals surface area contributed by atoms with Gasteiger partial charge in [-0.3, -0.25) is 4.79 Å². The highest BCUT2D eigenvalue weighted by atomic mass is 16.6. The van der Waals surface area contributed by atoms with Crippen molar-refractivity contribution in [1.29, 1.82) is 0 Å². The Morgan fingerprint density at radius 2 is 2.00 bits per heavy atom. The molecule has 0 spiro atoms. The minimum absolute atomic E-state index is 0.412. The summed E-state index contributed by atoms with van der Waals surface area (Å²) in [6.07, 6.45) is 0. The van der Waals surface area contributed by atoms with Crippen LogP contribution in [0, 0.1) is 6.92 Å². The van der Waals surface area contributed by atoms with E-state index in [2.05, 4.69) is 0 Å². The standard InChI is InChI=1S/C11H13NO4/c1-6-2-3-7(8(12)11(13)14)10-9(6)15-4-5-16-10/h2-3,8H,4-5,12H2,1H3,(H,13,14). The van der Waals surface area contributed by atoms with E-state index in [1.807, 2.05) is 6.92 Å². The highest BCUT2D eigenvalue weighted by Gasteiger charge is 2.25. The minimum atomic E-state index is -1.09. The van der Waals surface area contributed by atoms with Crippen LogP contribution in [0.15, 0.2) is 12.1 Å². The van der Waals surface area contributed by atoms with Gasteiger partial charge in [-0.05, 0) is 12.5 Å². The molecule has 0 saturated heterocycles. The molecule has 0 amide bonds. The normalized spacial score (nSPS) is 15.6. The maximum Gasteiger partial charge on any atom is 0.325 e. The molecule has 1 atom stereocenters. The number of rotatable bonds is 2. The van der Waals surface area contributed by atoms with E-state index in [1.165, 1.54) is 0 Å². The van der Waals surface area contributed by atoms with Crippen LogP contribution >= 0.6 is 0 Å². The summed E-state index contributed by atoms with van der Waals surface area (Å²) in [7, 11) is 0. The van der Waals surface area contributed by atoms with Gasteiger partial charge in [-0.1, -0.05) is 12.1 Å². The number of ether oxygens (including phenoxy) is 2. The molecule has 0 bridgehead atoms. The van der Waals surface area contributed by atoms with Gasteiger partial charge in [0, 0.05) is 5.56 Å². The summed E-state index contributed by atoms with van der Waals surface area (Å²) in [5, 5.41) is 8.88. The van der Waals surface area contributed by atoms with Gasteiger partial charge < -0.3 is 20.3 Å². The second-order valence-electron chi connectivity index (χ2n) is 3.64. The first-order chi connectivity index (χ1) is 7.61. The number of carboxylic acid groups (broad SMARTS) is 1. The Labute approximate surface area is 92.8 Å². The van der Waals surface area contributed by atoms with Crippen molar-refractivity contribution in [3.05, 3.63) is 23.3 Å². The van der Waals surface area contributed by atoms with E-state index in [0.717, 1.165) is 5.56 Å². The number of benzene rings is 1. The van der Waals surface area contributed by atoms with Gasteiger partial charge in [0.1, 0.15) is 19.3 Å². The molecule has 0 aromatic heterocycles. The average Bonchev–Trinajstić information content (AvgIpc) is 2.29. The lowest BCUT2D eigenvalue weighted by Crippen LogP contribution is -2.24. The zero-order valence-electron chi connectivity index (χ0n) is 8.90. The zero-order chi connectivity index (χ0) is 11.7. The van der Waals surface area contributed by atoms with Crippen LogP contribution < -0.4 is 15.2 Å². The summed E-state index contributed by atoms with van der Waals surface area (Å²) in [4.78, 5) is 10.8. The van der Waals surface area contributed by atoms with E-state index in [9.17, 15) is 4.79 Å². The van der Waals surface area contributed by atoms with Crippen molar-refractivity contribution in [2.24, 2.45) is 5.73 Å². The number of carbonyl (C=O) groups is 1. The van der Waals surface area contributed by atoms with Crippen LogP contribution in [0.2, 0.25) is 0 Å². The number of nitrogens with two attached hydrogens (primary N) is 1. The van der Waals surface area contributed by atoms with E-state index in [4.69, 9.17) is 20.3 Å². The summed E-state index contributed by atoms with van der Waals surface area (Å²) in [5.74, 6) is -0.0261. The molecule has 0 fully saturated rings. The number of hydrogen-bond donors (Lipinski definition) is 2. The van der Waals surface area contributed by atoms with Gasteiger partial charge in [0.2, 0.25) is 0 Å². The van der Waals surface area contributed by atoms with Crippen molar-refractivity contribution >= 4 is 5.97 Å². The fraction of sp³-hybridized carbons (Fsp3) is 0.364. The third-order valence-corrected chi connectivity index (χ3v) is 2.52. The summed E-state index contributed by atoms with van der Waals surface area (Å²) in [5.41, 5.74) is 6.94. The highest BCUT2D eigenvalue weighted by molar-refractivity contribution is 5.77. The van der Waals surface area contributed by atoms with E-state index in [1.54, 1.807) is 12.1 Å². The fourth-order valence-electron chi connectivity index (χ4n) is 1.67. The molecule has 5 heteroatoms. The van der Waals surface area contributed by atoms with Gasteiger partial charge in [-0.2, -0.15) is 0 Å². The third kappa shape index (κ3) is 1.69. The van der Waals surface area contributed by atoms with Gasteiger partial charge in [-0.15, -0.1) is 0 Å². The summed E-state index contributed by atoms with van der Waals surface area (Å²) in [6, 6.07) is 2.36. The van der Waals surface area contributed by atoms with Gasteiger partial charge in [0.15, 0.2) is 11.5 Å². The predicted molar refractivity (Wildman–Crippen MR) is 56.7 cm³/mol. The maximum atomic E-state index is 10.8. The Morgan fingerprint density at radius 3 is 2.62 bits per heavy atom. The third-order valence-electron chi connectivity index (χ3n) is 2.52. The van der Waals surface area contributed by atoms with Gasteiger partial charge in [0.25, 0.3) is 0 Å². The molecule has 1 aromatic carbocycles. The highest BCUT2D eigenvalue weighted by Crippen LogP contribution is 2.39. The molecule has 5 nitrogen and oxygen atoms in total. The van der Waals surface area contributed by atoms with Crippen LogP contribution in [0.25, 0.3) is 0 Å². The minimum Gasteiger partial charge on any atom is -0.486 e. The molecule has 1 aliphatic rings. The van der Waals surface area contributed by atoms with Crippen molar-refractivity contribution in [2.45, 2.75) is 13.0 Å². The molecule has 1 aliphatic heterocycles. The molecule has 1 heterocycles. The fourth-order valence-corrected chi connectivity index (χ4v) is 1.67. The van der Waals surface area contributed by atoms with Crippen LogP contribution in [0.5, 0.6) is 11.5 Å². The molecule has 86 valence electrons. The summed E-state index contributed by atoms with van der Waals surface area (Å²) in [6.45, 7) is 2.76. The Bertz CT molecular complexity index is 430. The quantitative estimate of drug-likeness (QED) is 0.776. The lowest BCUT2D eigenvalue weighted by molar-refractivity contribution is -0.138. The maximum absolute atomic E-state index is 10.8. The van der Waals surface area contributed by atoms with Crippen molar-refractivity contribution in [3.63, 3.8) is 0 Å². The van der Waals surface area contributed by atoms with Crippen LogP contribution in [-0.4, -0.2) is 24.3 Å². The number of carboxylic acids is 1. The first-order valence-corrected chi connectivity index (χ1v) is 4.98. The summed E-state index contributed by atoms with van der Waals surface area (Å²) >= 11 is 0. The van der Waals surface area contributed by atoms with Crippen LogP contribution in [0.1, 0.15) is 17.2 Å². The van der Waals surface area contributed by atoms with E-state index < -0.39 is 12.0 Å². The Hall–Kier alpha value is -1.75. The van der Waals surface area contributed by atoms with Crippen molar-refractivity contribution < 1.29 is 19.4 Å². The topological polar surface area (TPSA) is 81.8 Å². The molecular weight excluding hydrogens is 210 g/mol. The molecule has 16 heavy (non-hydrogen) atoms. The van der Waals surface area contributed by atoms with E-state index in [-0.39, 0.29) is 0 Å². The lowest BCUT2D eigenvalue weighted by atomic mass is 10.0. The van der Waals surface area contributed by atoms with Gasteiger partial charge in [-0.25, -0.2) is 0 Å². The zero-order valence-corrected chi connectivity index (χ0v) is 8.90. The predicted octanol–water partition coefficient (Wildman–Crippen LogP) is 0.851. The van der Waals surface area contributed by atoms with Crippen molar-refractivity contribution in [2.75, 3.05) is 13.2 Å². The van der Waals surface area contributed by atoms with Crippen LogP contribution in [0.4, 0.5) is 0 Å². The smallest absolute Gasteiger partial charge is 0.325 e. The lowest BCUT2D eigenvalue weighted by Gasteiger charge is -2.23. The largest absolute Gasteiger partial charge is 0.486 e. The monoisotopic (exact) mass is 223 g/mol. The number of aryl methyl sites for hydroxylation is 1. The second kappa shape index (κ2) is 4.02. The number of fused-ring (bicyclic) bond motifs is 1. The Kier molecular flexibility index (Phi) is 2.70. The first kappa shape index (κ1) is 10.8. The van der Waals surface area contributed by atoms with Gasteiger partial charge >= 0.3 is 5.97 Å². The second-order valence-corrected chi connectivity index (χ2v) is 3.64. The SMILES string of the molecule is Cc1ccc(C(N)C(=O)O)c2c1OCCO2. The molecular formula is C11H13NO4. The first-order valence-electron chi connectivity index (χ1n) is 4.98. The molecule has 0 saturated carbocycles. The van der Waals surface area contributed by atoms with E-state index in [0.29, 0.717) is 30.3 Å². The van der Waals surface area contributed by atoms with Crippen molar-refractivity contribution in [3.8, 4) is 11.5 Å². The molecule has 1 unspecified atom stereocenters. The van der Waals surface area contributed by atoms with Crippen LogP contribution in [-0.2, 0) is 4.79 Å². The Balaban J connectivity index is 2.50. The molecule has 0 aliphatic carbocycles. The molecule has 2 rings (SSSR count). The number of aliphatic carboxylic acids is 1.